The third-order valence-corrected chi connectivity index (χ3v) is 2.82. The molecule has 8 heteroatoms. The van der Waals surface area contributed by atoms with E-state index in [2.05, 4.69) is 9.98 Å². The summed E-state index contributed by atoms with van der Waals surface area (Å²) in [6.45, 7) is 1.60. The van der Waals surface area contributed by atoms with E-state index in [9.17, 15) is 8.78 Å². The lowest BCUT2D eigenvalue weighted by molar-refractivity contribution is 0.514. The highest BCUT2D eigenvalue weighted by Crippen LogP contribution is 2.21. The molecule has 0 atom stereocenters. The Kier molecular flexibility index (Phi) is 5.69. The topological polar surface area (TPSA) is 80.0 Å². The normalized spacial score (nSPS) is 16.2. The van der Waals surface area contributed by atoms with Crippen molar-refractivity contribution in [1.29, 1.82) is 0 Å². The van der Waals surface area contributed by atoms with Crippen LogP contribution in [0.15, 0.2) is 28.2 Å². The van der Waals surface area contributed by atoms with Gasteiger partial charge in [0.15, 0.2) is 17.6 Å². The first-order valence-corrected chi connectivity index (χ1v) is 5.95. The summed E-state index contributed by atoms with van der Waals surface area (Å²) in [5.41, 5.74) is 10.8. The highest BCUT2D eigenvalue weighted by Gasteiger charge is 2.14. The summed E-state index contributed by atoms with van der Waals surface area (Å²) in [5, 5.41) is 0. The zero-order valence-electron chi connectivity index (χ0n) is 10.7. The van der Waals surface area contributed by atoms with Crippen LogP contribution in [-0.2, 0) is 0 Å². The molecular formula is C12H16ClF2N5. The number of rotatable bonds is 1. The molecule has 1 heterocycles. The predicted molar refractivity (Wildman–Crippen MR) is 77.3 cm³/mol. The van der Waals surface area contributed by atoms with E-state index in [0.717, 1.165) is 38.1 Å². The van der Waals surface area contributed by atoms with E-state index in [1.165, 1.54) is 6.07 Å². The fourth-order valence-corrected chi connectivity index (χ4v) is 1.87. The summed E-state index contributed by atoms with van der Waals surface area (Å²) in [5.74, 6) is -1.64. The summed E-state index contributed by atoms with van der Waals surface area (Å²) in [6.07, 6.45) is 2.07. The number of halogens is 3. The van der Waals surface area contributed by atoms with Crippen LogP contribution in [0.1, 0.15) is 12.8 Å². The third-order valence-electron chi connectivity index (χ3n) is 2.82. The van der Waals surface area contributed by atoms with E-state index >= 15 is 0 Å². The van der Waals surface area contributed by atoms with Gasteiger partial charge < -0.3 is 16.4 Å². The molecule has 0 amide bonds. The Morgan fingerprint density at radius 1 is 1.10 bits per heavy atom. The fraction of sp³-hybridized carbons (Fsp3) is 0.333. The second-order valence-corrected chi connectivity index (χ2v) is 4.20. The van der Waals surface area contributed by atoms with Gasteiger partial charge in [0.1, 0.15) is 5.69 Å². The van der Waals surface area contributed by atoms with Crippen molar-refractivity contribution in [2.24, 2.45) is 21.5 Å². The molecule has 20 heavy (non-hydrogen) atoms. The second-order valence-electron chi connectivity index (χ2n) is 4.20. The van der Waals surface area contributed by atoms with Crippen molar-refractivity contribution < 1.29 is 8.78 Å². The Labute approximate surface area is 121 Å². The molecule has 110 valence electrons. The van der Waals surface area contributed by atoms with E-state index in [0.29, 0.717) is 0 Å². The van der Waals surface area contributed by atoms with Crippen molar-refractivity contribution >= 4 is 30.0 Å². The Morgan fingerprint density at radius 2 is 1.65 bits per heavy atom. The van der Waals surface area contributed by atoms with Gasteiger partial charge in [-0.25, -0.2) is 13.8 Å². The van der Waals surface area contributed by atoms with Crippen molar-refractivity contribution in [2.75, 3.05) is 13.1 Å². The number of hydrogen-bond donors (Lipinski definition) is 2. The van der Waals surface area contributed by atoms with Crippen LogP contribution in [0.5, 0.6) is 0 Å². The van der Waals surface area contributed by atoms with E-state index in [-0.39, 0.29) is 24.3 Å². The number of aliphatic imine (C=N–C) groups is 2. The highest BCUT2D eigenvalue weighted by molar-refractivity contribution is 5.94. The molecule has 0 unspecified atom stereocenters. The Hall–Kier alpha value is -1.89. The van der Waals surface area contributed by atoms with Gasteiger partial charge in [-0.05, 0) is 25.0 Å². The molecule has 0 aromatic heterocycles. The minimum Gasteiger partial charge on any atom is -0.369 e. The summed E-state index contributed by atoms with van der Waals surface area (Å²) in [6, 6.07) is 3.45. The Morgan fingerprint density at radius 3 is 2.20 bits per heavy atom. The molecule has 0 spiro atoms. The van der Waals surface area contributed by atoms with E-state index in [1.807, 2.05) is 4.90 Å². The number of benzene rings is 1. The first kappa shape index (κ1) is 16.2. The van der Waals surface area contributed by atoms with Crippen molar-refractivity contribution in [3.05, 3.63) is 29.8 Å². The molecule has 1 aromatic carbocycles. The first-order valence-electron chi connectivity index (χ1n) is 5.95. The molecule has 5 nitrogen and oxygen atoms in total. The van der Waals surface area contributed by atoms with E-state index in [4.69, 9.17) is 11.5 Å². The van der Waals surface area contributed by atoms with Crippen LogP contribution >= 0.6 is 12.4 Å². The average molecular weight is 304 g/mol. The van der Waals surface area contributed by atoms with Crippen LogP contribution in [-0.4, -0.2) is 29.9 Å². The molecule has 1 aliphatic heterocycles. The van der Waals surface area contributed by atoms with Crippen LogP contribution in [0.3, 0.4) is 0 Å². The van der Waals surface area contributed by atoms with Gasteiger partial charge in [-0.1, -0.05) is 6.07 Å². The van der Waals surface area contributed by atoms with Crippen LogP contribution in [0.4, 0.5) is 14.5 Å². The Bertz CT molecular complexity index is 506. The van der Waals surface area contributed by atoms with Crippen LogP contribution in [0.25, 0.3) is 0 Å². The molecule has 1 saturated heterocycles. The lowest BCUT2D eigenvalue weighted by Crippen LogP contribution is -2.36. The molecule has 0 bridgehead atoms. The maximum Gasteiger partial charge on any atom is 0.223 e. The lowest BCUT2D eigenvalue weighted by atomic mass is 10.3. The number of guanidine groups is 2. The van der Waals surface area contributed by atoms with Gasteiger partial charge in [-0.3, -0.25) is 0 Å². The molecule has 0 radical (unpaired) electrons. The summed E-state index contributed by atoms with van der Waals surface area (Å²) in [4.78, 5) is 9.32. The summed E-state index contributed by atoms with van der Waals surface area (Å²) < 4.78 is 26.7. The number of nitrogens with zero attached hydrogens (tertiary/aromatic N) is 3. The number of hydrogen-bond acceptors (Lipinski definition) is 1. The molecule has 0 aliphatic carbocycles. The van der Waals surface area contributed by atoms with Gasteiger partial charge in [-0.2, -0.15) is 4.99 Å². The van der Waals surface area contributed by atoms with Crippen molar-refractivity contribution in [2.45, 2.75) is 12.8 Å². The fourth-order valence-electron chi connectivity index (χ4n) is 1.87. The lowest BCUT2D eigenvalue weighted by Gasteiger charge is -2.15. The maximum absolute atomic E-state index is 13.4. The molecule has 0 saturated carbocycles. The molecular weight excluding hydrogens is 288 g/mol. The average Bonchev–Trinajstić information content (AvgIpc) is 2.88. The number of likely N-dealkylation sites (tertiary alicyclic amines) is 1. The molecule has 1 aromatic rings. The molecule has 1 aliphatic rings. The zero-order chi connectivity index (χ0) is 13.8. The second kappa shape index (κ2) is 7.04. The number of nitrogens with two attached hydrogens (primary N) is 2. The highest BCUT2D eigenvalue weighted by atomic mass is 35.5. The molecule has 1 fully saturated rings. The van der Waals surface area contributed by atoms with Gasteiger partial charge in [0.25, 0.3) is 0 Å². The van der Waals surface area contributed by atoms with Crippen LogP contribution in [0.2, 0.25) is 0 Å². The van der Waals surface area contributed by atoms with Gasteiger partial charge in [0.2, 0.25) is 5.96 Å². The van der Waals surface area contributed by atoms with E-state index < -0.39 is 17.3 Å². The SMILES string of the molecule is Cl.NC(=Nc1c(F)cccc1F)N=C(N)N1CCCC1. The quantitative estimate of drug-likeness (QED) is 0.612. The summed E-state index contributed by atoms with van der Waals surface area (Å²) in [7, 11) is 0. The van der Waals surface area contributed by atoms with Gasteiger partial charge in [-0.15, -0.1) is 12.4 Å². The standard InChI is InChI=1S/C12H15F2N5.ClH/c13-8-4-3-5-9(14)10(8)17-11(15)18-12(16)19-6-1-2-7-19;/h3-5H,1-2,6-7H2,(H4,15,16,17,18);1H. The van der Waals surface area contributed by atoms with Crippen LogP contribution in [0, 0.1) is 11.6 Å². The number of para-hydroxylation sites is 1. The van der Waals surface area contributed by atoms with Crippen molar-refractivity contribution in [3.8, 4) is 0 Å². The van der Waals surface area contributed by atoms with Gasteiger partial charge in [0, 0.05) is 13.1 Å². The first-order chi connectivity index (χ1) is 9.08. The van der Waals surface area contributed by atoms with Gasteiger partial charge >= 0.3 is 0 Å². The van der Waals surface area contributed by atoms with Crippen LogP contribution < -0.4 is 11.5 Å². The predicted octanol–water partition coefficient (Wildman–Crippen LogP) is 1.74. The monoisotopic (exact) mass is 303 g/mol. The zero-order valence-corrected chi connectivity index (χ0v) is 11.5. The van der Waals surface area contributed by atoms with E-state index in [1.54, 1.807) is 0 Å². The van der Waals surface area contributed by atoms with Gasteiger partial charge in [0.05, 0.1) is 0 Å². The summed E-state index contributed by atoms with van der Waals surface area (Å²) >= 11 is 0. The van der Waals surface area contributed by atoms with Crippen molar-refractivity contribution in [3.63, 3.8) is 0 Å². The minimum absolute atomic E-state index is 0. The minimum atomic E-state index is -0.794. The molecule has 4 N–H and O–H groups in total. The van der Waals surface area contributed by atoms with Crippen molar-refractivity contribution in [1.82, 2.24) is 4.90 Å². The molecule has 2 rings (SSSR count). The third kappa shape index (κ3) is 3.80. The maximum atomic E-state index is 13.4. The Balaban J connectivity index is 0.00000200. The smallest absolute Gasteiger partial charge is 0.223 e. The largest absolute Gasteiger partial charge is 0.369 e.